The SMILES string of the molecule is Cc1ccc(C)c(/C=N\NC(=O)c2ccoc2C)c1. The molecule has 2 rings (SSSR count). The van der Waals surface area contributed by atoms with Gasteiger partial charge in [-0.25, -0.2) is 5.43 Å². The molecule has 1 heterocycles. The Balaban J connectivity index is 2.06. The highest BCUT2D eigenvalue weighted by molar-refractivity contribution is 5.95. The summed E-state index contributed by atoms with van der Waals surface area (Å²) in [7, 11) is 0. The lowest BCUT2D eigenvalue weighted by Crippen LogP contribution is -2.17. The molecule has 0 aliphatic heterocycles. The summed E-state index contributed by atoms with van der Waals surface area (Å²) in [5.74, 6) is 0.312. The second kappa shape index (κ2) is 5.52. The first-order chi connectivity index (χ1) is 9.08. The number of nitrogens with one attached hydrogen (secondary N) is 1. The Morgan fingerprint density at radius 1 is 1.26 bits per heavy atom. The molecular formula is C15H16N2O2. The van der Waals surface area contributed by atoms with Gasteiger partial charge in [0.15, 0.2) is 0 Å². The van der Waals surface area contributed by atoms with Gasteiger partial charge in [0.1, 0.15) is 5.76 Å². The van der Waals surface area contributed by atoms with Crippen molar-refractivity contribution in [3.05, 3.63) is 58.5 Å². The van der Waals surface area contributed by atoms with Crippen LogP contribution in [0.3, 0.4) is 0 Å². The molecule has 2 aromatic rings. The van der Waals surface area contributed by atoms with Crippen LogP contribution in [0.4, 0.5) is 0 Å². The molecule has 0 bridgehead atoms. The summed E-state index contributed by atoms with van der Waals surface area (Å²) in [5, 5.41) is 3.97. The maximum atomic E-state index is 11.8. The van der Waals surface area contributed by atoms with Crippen molar-refractivity contribution in [2.45, 2.75) is 20.8 Å². The van der Waals surface area contributed by atoms with Crippen LogP contribution < -0.4 is 5.43 Å². The van der Waals surface area contributed by atoms with Gasteiger partial charge < -0.3 is 4.42 Å². The zero-order valence-corrected chi connectivity index (χ0v) is 11.2. The number of hydrazone groups is 1. The predicted molar refractivity (Wildman–Crippen MR) is 74.4 cm³/mol. The summed E-state index contributed by atoms with van der Waals surface area (Å²) in [6.07, 6.45) is 3.13. The van der Waals surface area contributed by atoms with E-state index in [-0.39, 0.29) is 5.91 Å². The Kier molecular flexibility index (Phi) is 3.80. The van der Waals surface area contributed by atoms with Gasteiger partial charge in [0.2, 0.25) is 0 Å². The predicted octanol–water partition coefficient (Wildman–Crippen LogP) is 2.97. The number of nitrogens with zero attached hydrogens (tertiary/aromatic N) is 1. The van der Waals surface area contributed by atoms with Crippen LogP contribution in [0.5, 0.6) is 0 Å². The second-order valence-electron chi connectivity index (χ2n) is 4.45. The van der Waals surface area contributed by atoms with Crippen LogP contribution in [0.25, 0.3) is 0 Å². The van der Waals surface area contributed by atoms with Gasteiger partial charge in [0.05, 0.1) is 18.0 Å². The van der Waals surface area contributed by atoms with Crippen LogP contribution in [0, 0.1) is 20.8 Å². The summed E-state index contributed by atoms with van der Waals surface area (Å²) < 4.78 is 5.07. The number of hydrogen-bond acceptors (Lipinski definition) is 3. The smallest absolute Gasteiger partial charge is 0.274 e. The maximum Gasteiger partial charge on any atom is 0.274 e. The maximum absolute atomic E-state index is 11.8. The lowest BCUT2D eigenvalue weighted by atomic mass is 10.1. The fraction of sp³-hybridized carbons (Fsp3) is 0.200. The molecule has 0 saturated carbocycles. The molecule has 1 aromatic heterocycles. The summed E-state index contributed by atoms with van der Waals surface area (Å²) in [5.41, 5.74) is 6.25. The number of hydrogen-bond donors (Lipinski definition) is 1. The first-order valence-corrected chi connectivity index (χ1v) is 6.02. The number of furan rings is 1. The van der Waals surface area contributed by atoms with Gasteiger partial charge in [-0.3, -0.25) is 4.79 Å². The second-order valence-corrected chi connectivity index (χ2v) is 4.45. The Morgan fingerprint density at radius 2 is 2.05 bits per heavy atom. The molecule has 0 spiro atoms. The third-order valence-corrected chi connectivity index (χ3v) is 2.91. The van der Waals surface area contributed by atoms with Crippen LogP contribution in [0.1, 0.15) is 32.8 Å². The normalized spacial score (nSPS) is 10.9. The Labute approximate surface area is 112 Å². The number of amides is 1. The van der Waals surface area contributed by atoms with Crippen molar-refractivity contribution in [1.29, 1.82) is 0 Å². The van der Waals surface area contributed by atoms with Gasteiger partial charge in [-0.05, 0) is 38.0 Å². The lowest BCUT2D eigenvalue weighted by Gasteiger charge is -2.01. The van der Waals surface area contributed by atoms with Gasteiger partial charge in [-0.15, -0.1) is 0 Å². The van der Waals surface area contributed by atoms with Gasteiger partial charge in [-0.1, -0.05) is 23.8 Å². The third-order valence-electron chi connectivity index (χ3n) is 2.91. The van der Waals surface area contributed by atoms with E-state index >= 15 is 0 Å². The molecule has 0 fully saturated rings. The monoisotopic (exact) mass is 256 g/mol. The average Bonchev–Trinajstić information content (AvgIpc) is 2.80. The molecule has 0 aliphatic rings. The van der Waals surface area contributed by atoms with Crippen LogP contribution >= 0.6 is 0 Å². The topological polar surface area (TPSA) is 54.6 Å². The Bertz CT molecular complexity index is 627. The van der Waals surface area contributed by atoms with Gasteiger partial charge in [0.25, 0.3) is 5.91 Å². The van der Waals surface area contributed by atoms with Gasteiger partial charge >= 0.3 is 0 Å². The van der Waals surface area contributed by atoms with E-state index in [1.165, 1.54) is 6.26 Å². The van der Waals surface area contributed by atoms with E-state index in [1.54, 1.807) is 19.2 Å². The van der Waals surface area contributed by atoms with E-state index in [1.807, 2.05) is 32.0 Å². The van der Waals surface area contributed by atoms with E-state index in [2.05, 4.69) is 10.5 Å². The quantitative estimate of drug-likeness (QED) is 0.678. The highest BCUT2D eigenvalue weighted by Crippen LogP contribution is 2.09. The molecule has 0 unspecified atom stereocenters. The van der Waals surface area contributed by atoms with Crippen LogP contribution in [0.2, 0.25) is 0 Å². The van der Waals surface area contributed by atoms with E-state index in [0.29, 0.717) is 11.3 Å². The van der Waals surface area contributed by atoms with E-state index in [9.17, 15) is 4.79 Å². The molecule has 4 nitrogen and oxygen atoms in total. The van der Waals surface area contributed by atoms with Crippen molar-refractivity contribution in [3.8, 4) is 0 Å². The summed E-state index contributed by atoms with van der Waals surface area (Å²) in [4.78, 5) is 11.8. The van der Waals surface area contributed by atoms with E-state index in [0.717, 1.165) is 16.7 Å². The van der Waals surface area contributed by atoms with Crippen LogP contribution in [0.15, 0.2) is 40.0 Å². The molecular weight excluding hydrogens is 240 g/mol. The average molecular weight is 256 g/mol. The molecule has 1 aromatic carbocycles. The van der Waals surface area contributed by atoms with E-state index in [4.69, 9.17) is 4.42 Å². The zero-order chi connectivity index (χ0) is 13.8. The number of carbonyl (C=O) groups is 1. The van der Waals surface area contributed by atoms with Crippen molar-refractivity contribution in [3.63, 3.8) is 0 Å². The Hall–Kier alpha value is -2.36. The summed E-state index contributed by atoms with van der Waals surface area (Å²) in [6.45, 7) is 5.76. The van der Waals surface area contributed by atoms with Crippen molar-refractivity contribution in [2.24, 2.45) is 5.10 Å². The largest absolute Gasteiger partial charge is 0.469 e. The standard InChI is InChI=1S/C15H16N2O2/c1-10-4-5-11(2)13(8-10)9-16-17-15(18)14-6-7-19-12(14)3/h4-9H,1-3H3,(H,17,18)/b16-9-. The highest BCUT2D eigenvalue weighted by Gasteiger charge is 2.09. The summed E-state index contributed by atoms with van der Waals surface area (Å²) >= 11 is 0. The number of carbonyl (C=O) groups excluding carboxylic acids is 1. The van der Waals surface area contributed by atoms with Gasteiger partial charge in [0, 0.05) is 0 Å². The fourth-order valence-electron chi connectivity index (χ4n) is 1.74. The minimum absolute atomic E-state index is 0.271. The number of rotatable bonds is 3. The molecule has 0 saturated heterocycles. The summed E-state index contributed by atoms with van der Waals surface area (Å²) in [6, 6.07) is 7.71. The van der Waals surface area contributed by atoms with Crippen molar-refractivity contribution < 1.29 is 9.21 Å². The number of aryl methyl sites for hydroxylation is 3. The molecule has 19 heavy (non-hydrogen) atoms. The third kappa shape index (κ3) is 3.10. The van der Waals surface area contributed by atoms with Crippen LogP contribution in [-0.4, -0.2) is 12.1 Å². The fourth-order valence-corrected chi connectivity index (χ4v) is 1.74. The minimum Gasteiger partial charge on any atom is -0.469 e. The van der Waals surface area contributed by atoms with Crippen molar-refractivity contribution in [2.75, 3.05) is 0 Å². The van der Waals surface area contributed by atoms with Crippen molar-refractivity contribution >= 4 is 12.1 Å². The van der Waals surface area contributed by atoms with Crippen LogP contribution in [-0.2, 0) is 0 Å². The lowest BCUT2D eigenvalue weighted by molar-refractivity contribution is 0.0953. The van der Waals surface area contributed by atoms with E-state index < -0.39 is 0 Å². The molecule has 1 N–H and O–H groups in total. The molecule has 4 heteroatoms. The van der Waals surface area contributed by atoms with Crippen molar-refractivity contribution in [1.82, 2.24) is 5.43 Å². The highest BCUT2D eigenvalue weighted by atomic mass is 16.3. The first-order valence-electron chi connectivity index (χ1n) is 6.02. The minimum atomic E-state index is -0.271. The molecule has 0 radical (unpaired) electrons. The number of benzene rings is 1. The Morgan fingerprint density at radius 3 is 2.74 bits per heavy atom. The molecule has 0 aliphatic carbocycles. The first kappa shape index (κ1) is 13.1. The molecule has 1 amide bonds. The molecule has 98 valence electrons. The molecule has 0 atom stereocenters. The van der Waals surface area contributed by atoms with Gasteiger partial charge in [-0.2, -0.15) is 5.10 Å². The zero-order valence-electron chi connectivity index (χ0n) is 11.2.